The number of nitrogens with zero attached hydrogens (tertiary/aromatic N) is 5. The Kier molecular flexibility index (Phi) is 6.82. The largest absolute Gasteiger partial charge is 0.375 e. The molecule has 0 atom stereocenters. The minimum absolute atomic E-state index is 0. The molecule has 1 aliphatic rings. The molecule has 1 saturated heterocycles. The van der Waals surface area contributed by atoms with Crippen LogP contribution < -0.4 is 5.32 Å². The molecular weight excluding hydrogens is 340 g/mol. The van der Waals surface area contributed by atoms with Gasteiger partial charge in [-0.3, -0.25) is 0 Å². The summed E-state index contributed by atoms with van der Waals surface area (Å²) in [6.07, 6.45) is 2.23. The smallest absolute Gasteiger partial charge is 0.252 e. The van der Waals surface area contributed by atoms with Gasteiger partial charge in [0.15, 0.2) is 11.0 Å². The van der Waals surface area contributed by atoms with Crippen LogP contribution in [-0.4, -0.2) is 45.1 Å². The Morgan fingerprint density at radius 2 is 2.13 bits per heavy atom. The second-order valence-electron chi connectivity index (χ2n) is 5.25. The fourth-order valence-corrected chi connectivity index (χ4v) is 3.31. The van der Waals surface area contributed by atoms with E-state index in [-0.39, 0.29) is 12.4 Å². The standard InChI is InChI=1S/C13H20N6O2S.ClH/c1-19-12(9-3-5-14-6-4-9)16-17-13(19)22-8-10-15-11(7-20-2)21-18-10;/h9,14H,3-8H2,1-2H3;1H. The summed E-state index contributed by atoms with van der Waals surface area (Å²) in [7, 11) is 3.62. The topological polar surface area (TPSA) is 90.9 Å². The van der Waals surface area contributed by atoms with Crippen molar-refractivity contribution in [1.82, 2.24) is 30.2 Å². The Bertz CT molecular complexity index is 613. The first kappa shape index (κ1) is 18.2. The van der Waals surface area contributed by atoms with E-state index < -0.39 is 0 Å². The highest BCUT2D eigenvalue weighted by Gasteiger charge is 2.22. The van der Waals surface area contributed by atoms with Crippen molar-refractivity contribution >= 4 is 24.2 Å². The Balaban J connectivity index is 0.00000192. The van der Waals surface area contributed by atoms with Crippen molar-refractivity contribution in [3.8, 4) is 0 Å². The van der Waals surface area contributed by atoms with Gasteiger partial charge in [-0.1, -0.05) is 16.9 Å². The molecule has 1 aliphatic heterocycles. The summed E-state index contributed by atoms with van der Waals surface area (Å²) in [5.41, 5.74) is 0. The molecule has 3 rings (SSSR count). The van der Waals surface area contributed by atoms with Crippen LogP contribution in [0.2, 0.25) is 0 Å². The zero-order valence-electron chi connectivity index (χ0n) is 13.2. The van der Waals surface area contributed by atoms with Crippen LogP contribution in [0.1, 0.15) is 36.3 Å². The summed E-state index contributed by atoms with van der Waals surface area (Å²) in [5, 5.41) is 16.8. The van der Waals surface area contributed by atoms with Crippen LogP contribution in [0.15, 0.2) is 9.68 Å². The lowest BCUT2D eigenvalue weighted by Crippen LogP contribution is -2.27. The molecule has 1 fully saturated rings. The highest BCUT2D eigenvalue weighted by Crippen LogP contribution is 2.27. The Morgan fingerprint density at radius 1 is 1.35 bits per heavy atom. The van der Waals surface area contributed by atoms with Gasteiger partial charge < -0.3 is 19.1 Å². The first-order valence-corrected chi connectivity index (χ1v) is 8.29. The van der Waals surface area contributed by atoms with Gasteiger partial charge in [0.1, 0.15) is 12.4 Å². The molecule has 8 nitrogen and oxygen atoms in total. The van der Waals surface area contributed by atoms with Gasteiger partial charge in [-0.25, -0.2) is 0 Å². The molecule has 3 heterocycles. The molecule has 0 aromatic carbocycles. The van der Waals surface area contributed by atoms with E-state index in [0.29, 0.717) is 30.0 Å². The quantitative estimate of drug-likeness (QED) is 0.775. The summed E-state index contributed by atoms with van der Waals surface area (Å²) >= 11 is 1.56. The SMILES string of the molecule is COCc1nc(CSc2nnc(C3CCNCC3)n2C)no1.Cl. The average molecular weight is 361 g/mol. The van der Waals surface area contributed by atoms with Crippen LogP contribution in [-0.2, 0) is 24.1 Å². The average Bonchev–Trinajstić information content (AvgIpc) is 3.13. The van der Waals surface area contributed by atoms with E-state index in [2.05, 4.69) is 30.2 Å². The number of hydrogen-bond acceptors (Lipinski definition) is 8. The lowest BCUT2D eigenvalue weighted by atomic mass is 9.97. The first-order valence-electron chi connectivity index (χ1n) is 7.31. The maximum Gasteiger partial charge on any atom is 0.252 e. The Morgan fingerprint density at radius 3 is 2.87 bits per heavy atom. The van der Waals surface area contributed by atoms with E-state index >= 15 is 0 Å². The number of methoxy groups -OCH3 is 1. The molecule has 23 heavy (non-hydrogen) atoms. The van der Waals surface area contributed by atoms with E-state index in [0.717, 1.165) is 36.9 Å². The molecule has 0 radical (unpaired) electrons. The lowest BCUT2D eigenvalue weighted by Gasteiger charge is -2.21. The zero-order chi connectivity index (χ0) is 15.4. The number of aromatic nitrogens is 5. The van der Waals surface area contributed by atoms with Gasteiger partial charge >= 0.3 is 0 Å². The van der Waals surface area contributed by atoms with Crippen molar-refractivity contribution < 1.29 is 9.26 Å². The minimum atomic E-state index is 0. The predicted molar refractivity (Wildman–Crippen MR) is 87.7 cm³/mol. The highest BCUT2D eigenvalue weighted by atomic mass is 35.5. The zero-order valence-corrected chi connectivity index (χ0v) is 14.8. The number of rotatable bonds is 6. The molecule has 128 valence electrons. The predicted octanol–water partition coefficient (Wildman–Crippen LogP) is 1.53. The second-order valence-corrected chi connectivity index (χ2v) is 6.19. The summed E-state index contributed by atoms with van der Waals surface area (Å²) in [6.45, 7) is 2.43. The van der Waals surface area contributed by atoms with Crippen molar-refractivity contribution in [2.75, 3.05) is 20.2 Å². The van der Waals surface area contributed by atoms with Gasteiger partial charge in [-0.2, -0.15) is 4.98 Å². The van der Waals surface area contributed by atoms with Crippen molar-refractivity contribution in [1.29, 1.82) is 0 Å². The second kappa shape index (κ2) is 8.62. The molecule has 0 amide bonds. The summed E-state index contributed by atoms with van der Waals surface area (Å²) in [4.78, 5) is 4.25. The third-order valence-electron chi connectivity index (χ3n) is 3.68. The fourth-order valence-electron chi connectivity index (χ4n) is 2.55. The van der Waals surface area contributed by atoms with Crippen LogP contribution in [0.3, 0.4) is 0 Å². The number of halogens is 1. The number of thioether (sulfide) groups is 1. The molecule has 0 unspecified atom stereocenters. The highest BCUT2D eigenvalue weighted by molar-refractivity contribution is 7.98. The molecule has 2 aromatic heterocycles. The summed E-state index contributed by atoms with van der Waals surface area (Å²) in [6, 6.07) is 0. The van der Waals surface area contributed by atoms with Gasteiger partial charge in [0.2, 0.25) is 0 Å². The van der Waals surface area contributed by atoms with Crippen molar-refractivity contribution in [2.24, 2.45) is 7.05 Å². The minimum Gasteiger partial charge on any atom is -0.375 e. The molecule has 0 saturated carbocycles. The number of piperidine rings is 1. The molecule has 0 spiro atoms. The maximum atomic E-state index is 5.07. The monoisotopic (exact) mass is 360 g/mol. The lowest BCUT2D eigenvalue weighted by molar-refractivity contribution is 0.151. The van der Waals surface area contributed by atoms with E-state index in [9.17, 15) is 0 Å². The molecular formula is C13H21ClN6O2S. The number of nitrogens with one attached hydrogen (secondary N) is 1. The van der Waals surface area contributed by atoms with Gasteiger partial charge in [-0.05, 0) is 25.9 Å². The third kappa shape index (κ3) is 4.43. The van der Waals surface area contributed by atoms with E-state index in [1.807, 2.05) is 7.05 Å². The number of ether oxygens (including phenoxy) is 1. The molecule has 2 aromatic rings. The van der Waals surface area contributed by atoms with Crippen molar-refractivity contribution in [3.05, 3.63) is 17.5 Å². The fraction of sp³-hybridized carbons (Fsp3) is 0.692. The van der Waals surface area contributed by atoms with Crippen LogP contribution >= 0.6 is 24.2 Å². The van der Waals surface area contributed by atoms with Crippen molar-refractivity contribution in [2.45, 2.75) is 36.3 Å². The van der Waals surface area contributed by atoms with E-state index in [1.54, 1.807) is 18.9 Å². The normalized spacial score (nSPS) is 15.6. The van der Waals surface area contributed by atoms with E-state index in [4.69, 9.17) is 9.26 Å². The van der Waals surface area contributed by atoms with Crippen LogP contribution in [0.5, 0.6) is 0 Å². The van der Waals surface area contributed by atoms with Gasteiger partial charge in [-0.15, -0.1) is 22.6 Å². The Hall–Kier alpha value is -1.16. The summed E-state index contributed by atoms with van der Waals surface area (Å²) in [5.74, 6) is 3.30. The van der Waals surface area contributed by atoms with Gasteiger partial charge in [0.25, 0.3) is 5.89 Å². The van der Waals surface area contributed by atoms with Crippen molar-refractivity contribution in [3.63, 3.8) is 0 Å². The molecule has 0 bridgehead atoms. The first-order chi connectivity index (χ1) is 10.8. The Labute approximate surface area is 145 Å². The van der Waals surface area contributed by atoms with E-state index in [1.165, 1.54) is 0 Å². The number of hydrogen-bond donors (Lipinski definition) is 1. The molecule has 0 aliphatic carbocycles. The van der Waals surface area contributed by atoms with Crippen LogP contribution in [0.4, 0.5) is 0 Å². The van der Waals surface area contributed by atoms with Crippen LogP contribution in [0, 0.1) is 0 Å². The van der Waals surface area contributed by atoms with Crippen LogP contribution in [0.25, 0.3) is 0 Å². The maximum absolute atomic E-state index is 5.07. The third-order valence-corrected chi connectivity index (χ3v) is 4.70. The van der Waals surface area contributed by atoms with Gasteiger partial charge in [0, 0.05) is 20.1 Å². The molecule has 10 heteroatoms. The summed E-state index contributed by atoms with van der Waals surface area (Å²) < 4.78 is 12.1. The molecule has 1 N–H and O–H groups in total. The van der Waals surface area contributed by atoms with Gasteiger partial charge in [0.05, 0.1) is 5.75 Å².